The van der Waals surface area contributed by atoms with Crippen LogP contribution < -0.4 is 15.8 Å². The van der Waals surface area contributed by atoms with Gasteiger partial charge in [-0.25, -0.2) is 0 Å². The summed E-state index contributed by atoms with van der Waals surface area (Å²) >= 11 is 0. The van der Waals surface area contributed by atoms with Gasteiger partial charge < -0.3 is 20.4 Å². The first-order valence-electron chi connectivity index (χ1n) is 12.0. The van der Waals surface area contributed by atoms with Crippen LogP contribution >= 0.6 is 0 Å². The minimum atomic E-state index is -0.0867. The first kappa shape index (κ1) is 22.0. The highest BCUT2D eigenvalue weighted by Gasteiger charge is 2.27. The van der Waals surface area contributed by atoms with E-state index in [0.29, 0.717) is 31.2 Å². The SMILES string of the molecule is CCOc1ccc2c(N)c(-c3ccc(C(=O)NCCc4ccccn4)cc3)n(C3CCC3)c2c1. The van der Waals surface area contributed by atoms with Gasteiger partial charge in [-0.1, -0.05) is 18.2 Å². The predicted molar refractivity (Wildman–Crippen MR) is 136 cm³/mol. The Kier molecular flexibility index (Phi) is 6.21. The number of hydrogen-bond acceptors (Lipinski definition) is 4. The molecule has 5 rings (SSSR count). The van der Waals surface area contributed by atoms with Gasteiger partial charge in [0, 0.05) is 53.5 Å². The van der Waals surface area contributed by atoms with Crippen molar-refractivity contribution in [2.75, 3.05) is 18.9 Å². The second-order valence-electron chi connectivity index (χ2n) is 8.73. The number of carbonyl (C=O) groups is 1. The average molecular weight is 455 g/mol. The number of ether oxygens (including phenoxy) is 1. The molecule has 2 aromatic heterocycles. The molecule has 1 aliphatic rings. The summed E-state index contributed by atoms with van der Waals surface area (Å²) in [5, 5.41) is 4.03. The van der Waals surface area contributed by atoms with Crippen LogP contribution in [0.3, 0.4) is 0 Å². The van der Waals surface area contributed by atoms with Crippen LogP contribution in [0.4, 0.5) is 5.69 Å². The lowest BCUT2D eigenvalue weighted by Gasteiger charge is -2.30. The Labute approximate surface area is 199 Å². The summed E-state index contributed by atoms with van der Waals surface area (Å²) in [5.74, 6) is 0.772. The monoisotopic (exact) mass is 454 g/mol. The molecule has 0 unspecified atom stereocenters. The lowest BCUT2D eigenvalue weighted by Crippen LogP contribution is -2.25. The zero-order valence-corrected chi connectivity index (χ0v) is 19.5. The molecular weight excluding hydrogens is 424 g/mol. The summed E-state index contributed by atoms with van der Waals surface area (Å²) in [5.41, 5.74) is 12.2. The van der Waals surface area contributed by atoms with Crippen LogP contribution in [0.25, 0.3) is 22.2 Å². The molecule has 4 aromatic rings. The van der Waals surface area contributed by atoms with E-state index < -0.39 is 0 Å². The number of rotatable bonds is 8. The Morgan fingerprint density at radius 2 is 1.97 bits per heavy atom. The number of aromatic nitrogens is 2. The topological polar surface area (TPSA) is 82.2 Å². The number of amides is 1. The van der Waals surface area contributed by atoms with Gasteiger partial charge >= 0.3 is 0 Å². The molecule has 1 amide bonds. The molecule has 1 fully saturated rings. The molecule has 174 valence electrons. The number of carbonyl (C=O) groups excluding carboxylic acids is 1. The maximum absolute atomic E-state index is 12.6. The van der Waals surface area contributed by atoms with Crippen molar-refractivity contribution in [3.63, 3.8) is 0 Å². The Morgan fingerprint density at radius 1 is 1.15 bits per heavy atom. The van der Waals surface area contributed by atoms with E-state index in [9.17, 15) is 4.79 Å². The molecule has 2 aromatic carbocycles. The van der Waals surface area contributed by atoms with Crippen molar-refractivity contribution in [3.05, 3.63) is 78.1 Å². The number of hydrogen-bond donors (Lipinski definition) is 2. The number of pyridine rings is 1. The number of nitrogen functional groups attached to an aromatic ring is 1. The number of nitrogens with one attached hydrogen (secondary N) is 1. The smallest absolute Gasteiger partial charge is 0.251 e. The first-order valence-corrected chi connectivity index (χ1v) is 12.0. The fourth-order valence-corrected chi connectivity index (χ4v) is 4.62. The molecule has 2 heterocycles. The second-order valence-corrected chi connectivity index (χ2v) is 8.73. The van der Waals surface area contributed by atoms with Gasteiger partial charge in [0.05, 0.1) is 23.5 Å². The van der Waals surface area contributed by atoms with Gasteiger partial charge in [0.25, 0.3) is 5.91 Å². The van der Waals surface area contributed by atoms with Crippen molar-refractivity contribution in [2.24, 2.45) is 0 Å². The lowest BCUT2D eigenvalue weighted by molar-refractivity contribution is 0.0954. The van der Waals surface area contributed by atoms with Crippen LogP contribution in [0, 0.1) is 0 Å². The maximum atomic E-state index is 12.6. The minimum absolute atomic E-state index is 0.0867. The van der Waals surface area contributed by atoms with Gasteiger partial charge in [0.15, 0.2) is 0 Å². The van der Waals surface area contributed by atoms with Gasteiger partial charge in [0.2, 0.25) is 0 Å². The third kappa shape index (κ3) is 4.23. The summed E-state index contributed by atoms with van der Waals surface area (Å²) in [4.78, 5) is 16.9. The molecule has 6 nitrogen and oxygen atoms in total. The Morgan fingerprint density at radius 3 is 2.65 bits per heavy atom. The summed E-state index contributed by atoms with van der Waals surface area (Å²) in [6.45, 7) is 3.16. The van der Waals surface area contributed by atoms with E-state index in [4.69, 9.17) is 10.5 Å². The number of fused-ring (bicyclic) bond motifs is 1. The summed E-state index contributed by atoms with van der Waals surface area (Å²) in [6.07, 6.45) is 5.98. The second kappa shape index (κ2) is 9.59. The van der Waals surface area contributed by atoms with Gasteiger partial charge in [-0.15, -0.1) is 0 Å². The van der Waals surface area contributed by atoms with Crippen molar-refractivity contribution in [3.8, 4) is 17.0 Å². The molecule has 0 atom stereocenters. The van der Waals surface area contributed by atoms with E-state index in [1.54, 1.807) is 6.20 Å². The predicted octanol–water partition coefficient (Wildman–Crippen LogP) is 5.38. The molecule has 0 saturated heterocycles. The summed E-state index contributed by atoms with van der Waals surface area (Å²) in [7, 11) is 0. The van der Waals surface area contributed by atoms with E-state index in [1.807, 2.05) is 55.5 Å². The number of nitrogens with two attached hydrogens (primary N) is 1. The van der Waals surface area contributed by atoms with Gasteiger partial charge in [-0.05, 0) is 62.6 Å². The highest BCUT2D eigenvalue weighted by atomic mass is 16.5. The lowest BCUT2D eigenvalue weighted by atomic mass is 9.92. The third-order valence-electron chi connectivity index (χ3n) is 6.58. The van der Waals surface area contributed by atoms with E-state index >= 15 is 0 Å². The Bertz CT molecular complexity index is 1290. The van der Waals surface area contributed by atoms with Crippen LogP contribution in [0.5, 0.6) is 5.75 Å². The standard InChI is InChI=1S/C28H30N4O2/c1-2-34-23-13-14-24-25(18-23)32(22-7-5-8-22)27(26(24)29)19-9-11-20(12-10-19)28(33)31-17-15-21-6-3-4-16-30-21/h3-4,6,9-14,16,18,22H,2,5,7-8,15,17,29H2,1H3,(H,31,33). The quantitative estimate of drug-likeness (QED) is 0.374. The Hall–Kier alpha value is -3.80. The highest BCUT2D eigenvalue weighted by Crippen LogP contribution is 2.44. The van der Waals surface area contributed by atoms with Gasteiger partial charge in [-0.3, -0.25) is 9.78 Å². The Balaban J connectivity index is 1.40. The molecule has 0 bridgehead atoms. The summed E-state index contributed by atoms with van der Waals surface area (Å²) in [6, 6.07) is 20.1. The number of anilines is 1. The molecule has 3 N–H and O–H groups in total. The van der Waals surface area contributed by atoms with Crippen molar-refractivity contribution in [1.29, 1.82) is 0 Å². The average Bonchev–Trinajstić information content (AvgIpc) is 3.10. The molecule has 0 spiro atoms. The zero-order valence-electron chi connectivity index (χ0n) is 19.5. The van der Waals surface area contributed by atoms with E-state index in [2.05, 4.69) is 27.0 Å². The minimum Gasteiger partial charge on any atom is -0.494 e. The van der Waals surface area contributed by atoms with Crippen LogP contribution in [-0.4, -0.2) is 28.6 Å². The molecular formula is C28H30N4O2. The summed E-state index contributed by atoms with van der Waals surface area (Å²) < 4.78 is 8.13. The highest BCUT2D eigenvalue weighted by molar-refractivity contribution is 6.02. The normalized spacial score (nSPS) is 13.6. The third-order valence-corrected chi connectivity index (χ3v) is 6.58. The first-order chi connectivity index (χ1) is 16.7. The van der Waals surface area contributed by atoms with Crippen molar-refractivity contribution in [2.45, 2.75) is 38.6 Å². The molecule has 0 radical (unpaired) electrons. The van der Waals surface area contributed by atoms with Crippen LogP contribution in [0.1, 0.15) is 48.3 Å². The largest absolute Gasteiger partial charge is 0.494 e. The van der Waals surface area contributed by atoms with Crippen LogP contribution in [0.15, 0.2) is 66.9 Å². The molecule has 1 saturated carbocycles. The fourth-order valence-electron chi connectivity index (χ4n) is 4.62. The number of nitrogens with zero attached hydrogens (tertiary/aromatic N) is 2. The molecule has 34 heavy (non-hydrogen) atoms. The molecule has 1 aliphatic carbocycles. The van der Waals surface area contributed by atoms with Crippen molar-refractivity contribution in [1.82, 2.24) is 14.9 Å². The maximum Gasteiger partial charge on any atom is 0.251 e. The molecule has 6 heteroatoms. The van der Waals surface area contributed by atoms with Gasteiger partial charge in [0.1, 0.15) is 5.75 Å². The molecule has 0 aliphatic heterocycles. The van der Waals surface area contributed by atoms with E-state index in [0.717, 1.165) is 52.1 Å². The van der Waals surface area contributed by atoms with Crippen molar-refractivity contribution < 1.29 is 9.53 Å². The van der Waals surface area contributed by atoms with E-state index in [1.165, 1.54) is 6.42 Å². The zero-order chi connectivity index (χ0) is 23.5. The van der Waals surface area contributed by atoms with Crippen molar-refractivity contribution >= 4 is 22.5 Å². The fraction of sp³-hybridized carbons (Fsp3) is 0.286. The number of benzene rings is 2. The van der Waals surface area contributed by atoms with Gasteiger partial charge in [-0.2, -0.15) is 0 Å². The van der Waals surface area contributed by atoms with Crippen LogP contribution in [-0.2, 0) is 6.42 Å². The van der Waals surface area contributed by atoms with Crippen LogP contribution in [0.2, 0.25) is 0 Å². The van der Waals surface area contributed by atoms with E-state index in [-0.39, 0.29) is 5.91 Å².